The van der Waals surface area contributed by atoms with Gasteiger partial charge >= 0.3 is 0 Å². The lowest BCUT2D eigenvalue weighted by Crippen LogP contribution is -2.44. The Morgan fingerprint density at radius 3 is 2.64 bits per heavy atom. The number of allylic oxidation sites excluding steroid dienone is 1. The SMILES string of the molecule is CC(C)=CCNC1CCCCC1(C)C. The third-order valence-electron chi connectivity index (χ3n) is 3.38. The van der Waals surface area contributed by atoms with Crippen LogP contribution >= 0.6 is 0 Å². The number of hydrogen-bond donors (Lipinski definition) is 1. The predicted octanol–water partition coefficient (Wildman–Crippen LogP) is 3.51. The van der Waals surface area contributed by atoms with E-state index in [1.54, 1.807) is 0 Å². The van der Waals surface area contributed by atoms with E-state index < -0.39 is 0 Å². The molecule has 1 heteroatoms. The van der Waals surface area contributed by atoms with E-state index in [2.05, 4.69) is 39.1 Å². The first kappa shape index (κ1) is 11.8. The fourth-order valence-electron chi connectivity index (χ4n) is 2.28. The predicted molar refractivity (Wildman–Crippen MR) is 63.5 cm³/mol. The van der Waals surface area contributed by atoms with Gasteiger partial charge in [-0.3, -0.25) is 0 Å². The molecule has 1 nitrogen and oxygen atoms in total. The van der Waals surface area contributed by atoms with Gasteiger partial charge in [-0.05, 0) is 32.1 Å². The molecule has 1 atom stereocenters. The third kappa shape index (κ3) is 3.45. The van der Waals surface area contributed by atoms with Crippen molar-refractivity contribution in [1.82, 2.24) is 5.32 Å². The first-order valence-corrected chi connectivity index (χ1v) is 5.89. The molecule has 1 aliphatic carbocycles. The minimum Gasteiger partial charge on any atom is -0.310 e. The van der Waals surface area contributed by atoms with Crippen molar-refractivity contribution in [3.05, 3.63) is 11.6 Å². The summed E-state index contributed by atoms with van der Waals surface area (Å²) >= 11 is 0. The first-order chi connectivity index (χ1) is 6.52. The van der Waals surface area contributed by atoms with Gasteiger partial charge in [0.25, 0.3) is 0 Å². The van der Waals surface area contributed by atoms with Gasteiger partial charge in [0.2, 0.25) is 0 Å². The lowest BCUT2D eigenvalue weighted by molar-refractivity contribution is 0.172. The van der Waals surface area contributed by atoms with Gasteiger partial charge in [-0.1, -0.05) is 38.3 Å². The summed E-state index contributed by atoms with van der Waals surface area (Å²) in [6.07, 6.45) is 7.82. The largest absolute Gasteiger partial charge is 0.310 e. The van der Waals surface area contributed by atoms with Crippen molar-refractivity contribution < 1.29 is 0 Å². The molecular weight excluding hydrogens is 170 g/mol. The molecule has 0 spiro atoms. The Hall–Kier alpha value is -0.300. The van der Waals surface area contributed by atoms with Crippen LogP contribution in [0.3, 0.4) is 0 Å². The maximum absolute atomic E-state index is 3.67. The Kier molecular flexibility index (Phi) is 4.18. The van der Waals surface area contributed by atoms with Crippen molar-refractivity contribution in [3.8, 4) is 0 Å². The van der Waals surface area contributed by atoms with Crippen LogP contribution in [0.4, 0.5) is 0 Å². The van der Waals surface area contributed by atoms with Crippen LogP contribution in [0.5, 0.6) is 0 Å². The molecule has 0 aromatic carbocycles. The molecule has 0 aromatic rings. The second-order valence-electron chi connectivity index (χ2n) is 5.48. The molecule has 0 amide bonds. The van der Waals surface area contributed by atoms with Crippen molar-refractivity contribution in [2.75, 3.05) is 6.54 Å². The quantitative estimate of drug-likeness (QED) is 0.680. The summed E-state index contributed by atoms with van der Waals surface area (Å²) < 4.78 is 0. The summed E-state index contributed by atoms with van der Waals surface area (Å²) in [5, 5.41) is 3.67. The van der Waals surface area contributed by atoms with Crippen molar-refractivity contribution in [2.24, 2.45) is 5.41 Å². The van der Waals surface area contributed by atoms with Gasteiger partial charge in [-0.2, -0.15) is 0 Å². The maximum Gasteiger partial charge on any atom is 0.0140 e. The summed E-state index contributed by atoms with van der Waals surface area (Å²) in [5.74, 6) is 0. The van der Waals surface area contributed by atoms with E-state index in [4.69, 9.17) is 0 Å². The molecule has 0 heterocycles. The van der Waals surface area contributed by atoms with Crippen LogP contribution in [0.2, 0.25) is 0 Å². The van der Waals surface area contributed by atoms with Gasteiger partial charge in [0.1, 0.15) is 0 Å². The Morgan fingerprint density at radius 2 is 2.07 bits per heavy atom. The van der Waals surface area contributed by atoms with Gasteiger partial charge in [-0.25, -0.2) is 0 Å². The van der Waals surface area contributed by atoms with Crippen LogP contribution in [0.25, 0.3) is 0 Å². The first-order valence-electron chi connectivity index (χ1n) is 5.89. The molecule has 0 radical (unpaired) electrons. The standard InChI is InChI=1S/C13H25N/c1-11(2)8-10-14-12-7-5-6-9-13(12,3)4/h8,12,14H,5-7,9-10H2,1-4H3. The van der Waals surface area contributed by atoms with Gasteiger partial charge in [0.05, 0.1) is 0 Å². The summed E-state index contributed by atoms with van der Waals surface area (Å²) in [6.45, 7) is 10.1. The molecule has 82 valence electrons. The molecule has 1 rings (SSSR count). The van der Waals surface area contributed by atoms with E-state index in [0.717, 1.165) is 6.54 Å². The molecule has 0 aromatic heterocycles. The lowest BCUT2D eigenvalue weighted by atomic mass is 9.73. The summed E-state index contributed by atoms with van der Waals surface area (Å²) in [5.41, 5.74) is 1.90. The Balaban J connectivity index is 2.38. The molecule has 1 saturated carbocycles. The highest BCUT2D eigenvalue weighted by Gasteiger charge is 2.31. The average Bonchev–Trinajstić information content (AvgIpc) is 2.07. The van der Waals surface area contributed by atoms with E-state index in [1.807, 2.05) is 0 Å². The lowest BCUT2D eigenvalue weighted by Gasteiger charge is -2.39. The second-order valence-corrected chi connectivity index (χ2v) is 5.48. The van der Waals surface area contributed by atoms with Crippen molar-refractivity contribution in [3.63, 3.8) is 0 Å². The maximum atomic E-state index is 3.67. The number of hydrogen-bond acceptors (Lipinski definition) is 1. The van der Waals surface area contributed by atoms with E-state index in [-0.39, 0.29) is 0 Å². The summed E-state index contributed by atoms with van der Waals surface area (Å²) in [6, 6.07) is 0.715. The smallest absolute Gasteiger partial charge is 0.0140 e. The van der Waals surface area contributed by atoms with Crippen LogP contribution < -0.4 is 5.32 Å². The van der Waals surface area contributed by atoms with E-state index in [0.29, 0.717) is 11.5 Å². The molecule has 0 aliphatic heterocycles. The molecule has 0 saturated heterocycles. The van der Waals surface area contributed by atoms with Crippen LogP contribution in [0.15, 0.2) is 11.6 Å². The molecule has 0 bridgehead atoms. The monoisotopic (exact) mass is 195 g/mol. The minimum atomic E-state index is 0.494. The molecule has 1 fully saturated rings. The fourth-order valence-corrected chi connectivity index (χ4v) is 2.28. The van der Waals surface area contributed by atoms with E-state index in [1.165, 1.54) is 31.3 Å². The average molecular weight is 195 g/mol. The van der Waals surface area contributed by atoms with Crippen LogP contribution in [-0.2, 0) is 0 Å². The van der Waals surface area contributed by atoms with Crippen LogP contribution in [0.1, 0.15) is 53.4 Å². The van der Waals surface area contributed by atoms with Crippen molar-refractivity contribution in [1.29, 1.82) is 0 Å². The van der Waals surface area contributed by atoms with E-state index >= 15 is 0 Å². The number of nitrogens with one attached hydrogen (secondary N) is 1. The molecule has 1 unspecified atom stereocenters. The highest BCUT2D eigenvalue weighted by Crippen LogP contribution is 2.35. The van der Waals surface area contributed by atoms with Gasteiger partial charge < -0.3 is 5.32 Å². The Labute approximate surface area is 89.0 Å². The third-order valence-corrected chi connectivity index (χ3v) is 3.38. The summed E-state index contributed by atoms with van der Waals surface area (Å²) in [7, 11) is 0. The zero-order chi connectivity index (χ0) is 10.6. The van der Waals surface area contributed by atoms with Gasteiger partial charge in [-0.15, -0.1) is 0 Å². The second kappa shape index (κ2) is 4.97. The van der Waals surface area contributed by atoms with Gasteiger partial charge in [0, 0.05) is 12.6 Å². The normalized spacial score (nSPS) is 25.9. The number of rotatable bonds is 3. The zero-order valence-electron chi connectivity index (χ0n) is 10.2. The minimum absolute atomic E-state index is 0.494. The van der Waals surface area contributed by atoms with Crippen molar-refractivity contribution in [2.45, 2.75) is 59.4 Å². The Bertz CT molecular complexity index is 199. The highest BCUT2D eigenvalue weighted by atomic mass is 14.9. The summed E-state index contributed by atoms with van der Waals surface area (Å²) in [4.78, 5) is 0. The Morgan fingerprint density at radius 1 is 1.36 bits per heavy atom. The fraction of sp³-hybridized carbons (Fsp3) is 0.846. The van der Waals surface area contributed by atoms with Gasteiger partial charge in [0.15, 0.2) is 0 Å². The highest BCUT2D eigenvalue weighted by molar-refractivity contribution is 4.96. The topological polar surface area (TPSA) is 12.0 Å². The van der Waals surface area contributed by atoms with Crippen LogP contribution in [-0.4, -0.2) is 12.6 Å². The molecular formula is C13H25N. The van der Waals surface area contributed by atoms with E-state index in [9.17, 15) is 0 Å². The van der Waals surface area contributed by atoms with Crippen LogP contribution in [0, 0.1) is 5.41 Å². The zero-order valence-corrected chi connectivity index (χ0v) is 10.2. The molecule has 1 N–H and O–H groups in total. The van der Waals surface area contributed by atoms with Crippen molar-refractivity contribution >= 4 is 0 Å². The molecule has 14 heavy (non-hydrogen) atoms. The molecule has 1 aliphatic rings.